The van der Waals surface area contributed by atoms with Gasteiger partial charge in [-0.1, -0.05) is 20.4 Å². The van der Waals surface area contributed by atoms with E-state index in [9.17, 15) is 0 Å². The predicted octanol–water partition coefficient (Wildman–Crippen LogP) is 4.23. The summed E-state index contributed by atoms with van der Waals surface area (Å²) in [6, 6.07) is 0.413. The molecule has 0 bridgehead atoms. The molecule has 0 spiro atoms. The van der Waals surface area contributed by atoms with Gasteiger partial charge in [0.15, 0.2) is 0 Å². The lowest BCUT2D eigenvalue weighted by atomic mass is 10.1. The second kappa shape index (κ2) is 8.79. The third-order valence-electron chi connectivity index (χ3n) is 3.88. The molecule has 0 saturated carbocycles. The normalized spacial score (nSPS) is 22.8. The molecule has 0 unspecified atom stereocenters. The van der Waals surface area contributed by atoms with Crippen molar-refractivity contribution in [1.29, 1.82) is 0 Å². The van der Waals surface area contributed by atoms with Gasteiger partial charge in [-0.3, -0.25) is 0 Å². The van der Waals surface area contributed by atoms with Crippen LogP contribution in [0.25, 0.3) is 0 Å². The van der Waals surface area contributed by atoms with Crippen LogP contribution in [0.15, 0.2) is 12.3 Å². The van der Waals surface area contributed by atoms with Crippen LogP contribution in [0.1, 0.15) is 60.8 Å². The zero-order chi connectivity index (χ0) is 16.0. The molecule has 1 heterocycles. The maximum Gasteiger partial charge on any atom is 0.0773 e. The number of rotatable bonds is 9. The van der Waals surface area contributed by atoms with Gasteiger partial charge in [-0.2, -0.15) is 0 Å². The summed E-state index contributed by atoms with van der Waals surface area (Å²) in [5.41, 5.74) is 1.25. The first-order valence-electron chi connectivity index (χ1n) is 8.51. The Balaban J connectivity index is 2.59. The molecule has 0 aromatic rings. The molecule has 21 heavy (non-hydrogen) atoms. The van der Waals surface area contributed by atoms with Gasteiger partial charge in [-0.05, 0) is 52.9 Å². The van der Waals surface area contributed by atoms with Crippen LogP contribution >= 0.6 is 0 Å². The van der Waals surface area contributed by atoms with E-state index < -0.39 is 0 Å². The van der Waals surface area contributed by atoms with Crippen LogP contribution in [-0.4, -0.2) is 42.4 Å². The Labute approximate surface area is 131 Å². The largest absolute Gasteiger partial charge is 0.377 e. The Morgan fingerprint density at radius 2 is 1.81 bits per heavy atom. The lowest BCUT2D eigenvalue weighted by molar-refractivity contribution is 0.0134. The molecule has 0 aliphatic carbocycles. The summed E-state index contributed by atoms with van der Waals surface area (Å²) in [7, 11) is 0. The number of ether oxygens (including phenoxy) is 2. The highest BCUT2D eigenvalue weighted by molar-refractivity contribution is 5.02. The maximum atomic E-state index is 6.02. The first-order valence-corrected chi connectivity index (χ1v) is 8.51. The summed E-state index contributed by atoms with van der Waals surface area (Å²) < 4.78 is 11.9. The van der Waals surface area contributed by atoms with Crippen LogP contribution in [0.3, 0.4) is 0 Å². The summed E-state index contributed by atoms with van der Waals surface area (Å²) in [4.78, 5) is 2.43. The quantitative estimate of drug-likeness (QED) is 0.636. The second-order valence-corrected chi connectivity index (χ2v) is 7.23. The highest BCUT2D eigenvalue weighted by atomic mass is 16.5. The Hall–Kier alpha value is -0.540. The number of hydrogen-bond acceptors (Lipinski definition) is 3. The summed E-state index contributed by atoms with van der Waals surface area (Å²) in [5.74, 6) is 0.720. The van der Waals surface area contributed by atoms with E-state index in [-0.39, 0.29) is 12.2 Å². The zero-order valence-corrected chi connectivity index (χ0v) is 14.9. The third kappa shape index (κ3) is 6.84. The second-order valence-electron chi connectivity index (χ2n) is 7.23. The Bertz CT molecular complexity index is 312. The van der Waals surface area contributed by atoms with Gasteiger partial charge in [-0.15, -0.1) is 0 Å². The summed E-state index contributed by atoms with van der Waals surface area (Å²) >= 11 is 0. The van der Waals surface area contributed by atoms with Crippen LogP contribution in [-0.2, 0) is 9.47 Å². The standard InChI is InChI=1S/C18H35NO2/c1-13(2)8-9-16(7)19-11-18(21-15(5)6)10-17(19)12-20-14(3)4/h13-15,17-18H,7-12H2,1-6H3/t17-,18+/m0/s1. The fraction of sp³-hybridized carbons (Fsp3) is 0.889. The van der Waals surface area contributed by atoms with Crippen LogP contribution in [0, 0.1) is 5.92 Å². The highest BCUT2D eigenvalue weighted by Crippen LogP contribution is 2.28. The summed E-state index contributed by atoms with van der Waals surface area (Å²) in [6.07, 6.45) is 4.19. The molecule has 3 heteroatoms. The molecule has 2 atom stereocenters. The number of likely N-dealkylation sites (tertiary alicyclic amines) is 1. The molecular formula is C18H35NO2. The number of allylic oxidation sites excluding steroid dienone is 1. The molecule has 0 N–H and O–H groups in total. The lowest BCUT2D eigenvalue weighted by Crippen LogP contribution is -2.33. The molecule has 0 aromatic heterocycles. The smallest absolute Gasteiger partial charge is 0.0773 e. The molecule has 1 fully saturated rings. The van der Waals surface area contributed by atoms with Crippen molar-refractivity contribution < 1.29 is 9.47 Å². The molecule has 0 amide bonds. The molecule has 0 aromatic carbocycles. The average molecular weight is 297 g/mol. The minimum atomic E-state index is 0.279. The summed E-state index contributed by atoms with van der Waals surface area (Å²) in [6.45, 7) is 19.0. The van der Waals surface area contributed by atoms with Gasteiger partial charge in [0.2, 0.25) is 0 Å². The number of hydrogen-bond donors (Lipinski definition) is 0. The van der Waals surface area contributed by atoms with Crippen molar-refractivity contribution in [3.05, 3.63) is 12.3 Å². The van der Waals surface area contributed by atoms with Crippen molar-refractivity contribution in [3.8, 4) is 0 Å². The first-order chi connectivity index (χ1) is 9.79. The highest BCUT2D eigenvalue weighted by Gasteiger charge is 2.33. The van der Waals surface area contributed by atoms with E-state index in [1.807, 2.05) is 0 Å². The van der Waals surface area contributed by atoms with Crippen molar-refractivity contribution in [2.75, 3.05) is 13.2 Å². The van der Waals surface area contributed by atoms with E-state index in [2.05, 4.69) is 53.0 Å². The molecule has 1 aliphatic rings. The van der Waals surface area contributed by atoms with Crippen molar-refractivity contribution in [1.82, 2.24) is 4.90 Å². The van der Waals surface area contributed by atoms with E-state index >= 15 is 0 Å². The molecule has 1 rings (SSSR count). The average Bonchev–Trinajstić information content (AvgIpc) is 2.75. The van der Waals surface area contributed by atoms with Gasteiger partial charge < -0.3 is 14.4 Å². The van der Waals surface area contributed by atoms with Crippen LogP contribution in [0.5, 0.6) is 0 Å². The van der Waals surface area contributed by atoms with Crippen LogP contribution < -0.4 is 0 Å². The predicted molar refractivity (Wildman–Crippen MR) is 89.4 cm³/mol. The Morgan fingerprint density at radius 1 is 1.14 bits per heavy atom. The molecular weight excluding hydrogens is 262 g/mol. The van der Waals surface area contributed by atoms with Gasteiger partial charge in [0.25, 0.3) is 0 Å². The maximum absolute atomic E-state index is 6.02. The van der Waals surface area contributed by atoms with Crippen LogP contribution in [0.2, 0.25) is 0 Å². The van der Waals surface area contributed by atoms with Gasteiger partial charge >= 0.3 is 0 Å². The van der Waals surface area contributed by atoms with Crippen molar-refractivity contribution in [3.63, 3.8) is 0 Å². The topological polar surface area (TPSA) is 21.7 Å². The molecule has 124 valence electrons. The SMILES string of the molecule is C=C(CCC(C)C)N1C[C@H](OC(C)C)C[C@H]1COC(C)C. The Kier molecular flexibility index (Phi) is 7.75. The van der Waals surface area contributed by atoms with E-state index in [1.54, 1.807) is 0 Å². The fourth-order valence-corrected chi connectivity index (χ4v) is 2.80. The van der Waals surface area contributed by atoms with E-state index in [1.165, 1.54) is 12.1 Å². The number of nitrogens with zero attached hydrogens (tertiary/aromatic N) is 1. The molecule has 1 aliphatic heterocycles. The van der Waals surface area contributed by atoms with Gasteiger partial charge in [0.05, 0.1) is 31.0 Å². The zero-order valence-electron chi connectivity index (χ0n) is 14.9. The lowest BCUT2D eigenvalue weighted by Gasteiger charge is -2.29. The fourth-order valence-electron chi connectivity index (χ4n) is 2.80. The van der Waals surface area contributed by atoms with E-state index in [0.717, 1.165) is 31.9 Å². The van der Waals surface area contributed by atoms with Crippen molar-refractivity contribution >= 4 is 0 Å². The molecule has 1 saturated heterocycles. The van der Waals surface area contributed by atoms with Crippen molar-refractivity contribution in [2.45, 2.75) is 85.2 Å². The van der Waals surface area contributed by atoms with Gasteiger partial charge in [0, 0.05) is 12.2 Å². The van der Waals surface area contributed by atoms with Crippen molar-refractivity contribution in [2.24, 2.45) is 5.92 Å². The van der Waals surface area contributed by atoms with Gasteiger partial charge in [-0.25, -0.2) is 0 Å². The van der Waals surface area contributed by atoms with E-state index in [4.69, 9.17) is 9.47 Å². The van der Waals surface area contributed by atoms with Gasteiger partial charge in [0.1, 0.15) is 0 Å². The third-order valence-corrected chi connectivity index (χ3v) is 3.88. The molecule has 3 nitrogen and oxygen atoms in total. The minimum absolute atomic E-state index is 0.279. The molecule has 0 radical (unpaired) electrons. The monoisotopic (exact) mass is 297 g/mol. The van der Waals surface area contributed by atoms with Crippen LogP contribution in [0.4, 0.5) is 0 Å². The van der Waals surface area contributed by atoms with E-state index in [0.29, 0.717) is 12.1 Å². The Morgan fingerprint density at radius 3 is 2.33 bits per heavy atom. The minimum Gasteiger partial charge on any atom is -0.377 e. The summed E-state index contributed by atoms with van der Waals surface area (Å²) in [5, 5.41) is 0. The first kappa shape index (κ1) is 18.5.